The van der Waals surface area contributed by atoms with Crippen LogP contribution in [0.15, 0.2) is 24.3 Å². The molecule has 1 rings (SSSR count). The molecule has 1 unspecified atom stereocenters. The number of nitrogens with one attached hydrogen (secondary N) is 2. The molecule has 1 aromatic rings. The van der Waals surface area contributed by atoms with Gasteiger partial charge >= 0.3 is 0 Å². The van der Waals surface area contributed by atoms with Gasteiger partial charge in [-0.05, 0) is 31.9 Å². The molecule has 5 heteroatoms. The van der Waals surface area contributed by atoms with Gasteiger partial charge in [0.1, 0.15) is 0 Å². The lowest BCUT2D eigenvalue weighted by Crippen LogP contribution is -2.28. The molecule has 0 spiro atoms. The second-order valence-electron chi connectivity index (χ2n) is 4.85. The zero-order chi connectivity index (χ0) is 14.3. The van der Waals surface area contributed by atoms with Crippen molar-refractivity contribution in [3.05, 3.63) is 35.4 Å². The molecule has 0 saturated carbocycles. The number of rotatable bonds is 8. The number of sulfonamides is 1. The molecule has 0 radical (unpaired) electrons. The van der Waals surface area contributed by atoms with Gasteiger partial charge in [0.25, 0.3) is 0 Å². The van der Waals surface area contributed by atoms with Crippen molar-refractivity contribution in [3.63, 3.8) is 0 Å². The molecule has 0 aliphatic carbocycles. The Morgan fingerprint density at radius 1 is 1.16 bits per heavy atom. The molecule has 0 bridgehead atoms. The minimum Gasteiger partial charge on any atom is -0.310 e. The lowest BCUT2D eigenvalue weighted by molar-refractivity contribution is 0.507. The normalized spacial score (nSPS) is 13.4. The van der Waals surface area contributed by atoms with Crippen molar-refractivity contribution in [1.82, 2.24) is 10.0 Å². The Balaban J connectivity index is 2.35. The lowest BCUT2D eigenvalue weighted by Gasteiger charge is -2.17. The Hall–Kier alpha value is -0.910. The lowest BCUT2D eigenvalue weighted by atomic mass is 10.0. The topological polar surface area (TPSA) is 58.2 Å². The van der Waals surface area contributed by atoms with Crippen molar-refractivity contribution < 1.29 is 8.42 Å². The van der Waals surface area contributed by atoms with Crippen molar-refractivity contribution in [3.8, 4) is 0 Å². The Morgan fingerprint density at radius 2 is 1.79 bits per heavy atom. The quantitative estimate of drug-likeness (QED) is 0.718. The highest BCUT2D eigenvalue weighted by atomic mass is 32.2. The standard InChI is InChI=1S/C14H24N2O2S/c1-4-14(13-8-6-12(2)7-9-13)15-10-5-11-16-19(3,17)18/h6-9,14-16H,4-5,10-11H2,1-3H3. The maximum Gasteiger partial charge on any atom is 0.208 e. The second kappa shape index (κ2) is 7.62. The van der Waals surface area contributed by atoms with Crippen LogP contribution in [0.1, 0.15) is 36.9 Å². The zero-order valence-corrected chi connectivity index (χ0v) is 12.8. The van der Waals surface area contributed by atoms with Crippen molar-refractivity contribution in [1.29, 1.82) is 0 Å². The van der Waals surface area contributed by atoms with E-state index in [4.69, 9.17) is 0 Å². The first-order valence-electron chi connectivity index (χ1n) is 6.67. The third-order valence-electron chi connectivity index (χ3n) is 3.00. The van der Waals surface area contributed by atoms with Gasteiger partial charge in [0.05, 0.1) is 6.26 Å². The van der Waals surface area contributed by atoms with Gasteiger partial charge < -0.3 is 5.32 Å². The van der Waals surface area contributed by atoms with Gasteiger partial charge in [0.15, 0.2) is 0 Å². The molecule has 108 valence electrons. The monoisotopic (exact) mass is 284 g/mol. The van der Waals surface area contributed by atoms with E-state index >= 15 is 0 Å². The largest absolute Gasteiger partial charge is 0.310 e. The molecule has 0 aromatic heterocycles. The summed E-state index contributed by atoms with van der Waals surface area (Å²) in [5.41, 5.74) is 2.54. The third-order valence-corrected chi connectivity index (χ3v) is 3.73. The van der Waals surface area contributed by atoms with E-state index in [1.165, 1.54) is 17.4 Å². The number of benzene rings is 1. The molecule has 0 saturated heterocycles. The summed E-state index contributed by atoms with van der Waals surface area (Å²) in [7, 11) is -3.07. The highest BCUT2D eigenvalue weighted by Crippen LogP contribution is 2.16. The molecular weight excluding hydrogens is 260 g/mol. The van der Waals surface area contributed by atoms with E-state index in [2.05, 4.69) is 48.2 Å². The molecular formula is C14H24N2O2S. The van der Waals surface area contributed by atoms with Crippen LogP contribution in [0.3, 0.4) is 0 Å². The molecule has 1 aromatic carbocycles. The summed E-state index contributed by atoms with van der Waals surface area (Å²) in [5.74, 6) is 0. The molecule has 0 heterocycles. The van der Waals surface area contributed by atoms with Crippen LogP contribution in [-0.4, -0.2) is 27.8 Å². The van der Waals surface area contributed by atoms with Crippen LogP contribution >= 0.6 is 0 Å². The van der Waals surface area contributed by atoms with E-state index in [0.717, 1.165) is 19.4 Å². The fourth-order valence-corrected chi connectivity index (χ4v) is 2.43. The van der Waals surface area contributed by atoms with Crippen LogP contribution < -0.4 is 10.0 Å². The SMILES string of the molecule is CCC(NCCCNS(C)(=O)=O)c1ccc(C)cc1. The van der Waals surface area contributed by atoms with Crippen LogP contribution in [0.4, 0.5) is 0 Å². The summed E-state index contributed by atoms with van der Waals surface area (Å²) < 4.78 is 24.3. The third kappa shape index (κ3) is 6.71. The van der Waals surface area contributed by atoms with Gasteiger partial charge in [-0.15, -0.1) is 0 Å². The average molecular weight is 284 g/mol. The van der Waals surface area contributed by atoms with E-state index in [-0.39, 0.29) is 0 Å². The Bertz CT molecular complexity index is 469. The Kier molecular flexibility index (Phi) is 6.48. The summed E-state index contributed by atoms with van der Waals surface area (Å²) in [6, 6.07) is 8.85. The van der Waals surface area contributed by atoms with Crippen LogP contribution in [0.2, 0.25) is 0 Å². The van der Waals surface area contributed by atoms with Gasteiger partial charge in [0, 0.05) is 12.6 Å². The highest BCUT2D eigenvalue weighted by Gasteiger charge is 2.07. The number of aryl methyl sites for hydroxylation is 1. The zero-order valence-electron chi connectivity index (χ0n) is 11.9. The maximum absolute atomic E-state index is 10.9. The average Bonchev–Trinajstić information content (AvgIpc) is 2.34. The van der Waals surface area contributed by atoms with E-state index in [1.54, 1.807) is 0 Å². The first-order valence-corrected chi connectivity index (χ1v) is 8.56. The van der Waals surface area contributed by atoms with E-state index in [9.17, 15) is 8.42 Å². The predicted molar refractivity (Wildman–Crippen MR) is 79.7 cm³/mol. The van der Waals surface area contributed by atoms with Gasteiger partial charge in [-0.1, -0.05) is 36.8 Å². The first kappa shape index (κ1) is 16.1. The van der Waals surface area contributed by atoms with E-state index in [1.807, 2.05) is 0 Å². The van der Waals surface area contributed by atoms with Gasteiger partial charge in [-0.25, -0.2) is 13.1 Å². The number of hydrogen-bond acceptors (Lipinski definition) is 3. The minimum atomic E-state index is -3.07. The van der Waals surface area contributed by atoms with Gasteiger partial charge in [0.2, 0.25) is 10.0 Å². The van der Waals surface area contributed by atoms with Gasteiger partial charge in [-0.3, -0.25) is 0 Å². The molecule has 1 atom stereocenters. The van der Waals surface area contributed by atoms with Crippen LogP contribution in [0, 0.1) is 6.92 Å². The maximum atomic E-state index is 10.9. The van der Waals surface area contributed by atoms with Crippen molar-refractivity contribution in [2.45, 2.75) is 32.7 Å². The van der Waals surface area contributed by atoms with Gasteiger partial charge in [-0.2, -0.15) is 0 Å². The molecule has 19 heavy (non-hydrogen) atoms. The van der Waals surface area contributed by atoms with Crippen LogP contribution in [0.5, 0.6) is 0 Å². The second-order valence-corrected chi connectivity index (χ2v) is 6.68. The molecule has 0 aliphatic heterocycles. The first-order chi connectivity index (χ1) is 8.92. The Labute approximate surface area is 116 Å². The van der Waals surface area contributed by atoms with Crippen molar-refractivity contribution in [2.75, 3.05) is 19.3 Å². The van der Waals surface area contributed by atoms with Crippen LogP contribution in [0.25, 0.3) is 0 Å². The van der Waals surface area contributed by atoms with Crippen LogP contribution in [-0.2, 0) is 10.0 Å². The van der Waals surface area contributed by atoms with Crippen molar-refractivity contribution >= 4 is 10.0 Å². The molecule has 0 aliphatic rings. The van der Waals surface area contributed by atoms with E-state index < -0.39 is 10.0 Å². The minimum absolute atomic E-state index is 0.332. The molecule has 2 N–H and O–H groups in total. The highest BCUT2D eigenvalue weighted by molar-refractivity contribution is 7.88. The predicted octanol–water partition coefficient (Wildman–Crippen LogP) is 1.98. The summed E-state index contributed by atoms with van der Waals surface area (Å²) in [4.78, 5) is 0. The fourth-order valence-electron chi connectivity index (χ4n) is 1.92. The molecule has 4 nitrogen and oxygen atoms in total. The smallest absolute Gasteiger partial charge is 0.208 e. The number of hydrogen-bond donors (Lipinski definition) is 2. The molecule has 0 fully saturated rings. The van der Waals surface area contributed by atoms with Crippen molar-refractivity contribution in [2.24, 2.45) is 0 Å². The summed E-state index contributed by atoms with van der Waals surface area (Å²) in [5, 5.41) is 3.46. The summed E-state index contributed by atoms with van der Waals surface area (Å²) in [6.07, 6.45) is 2.99. The Morgan fingerprint density at radius 3 is 2.32 bits per heavy atom. The summed E-state index contributed by atoms with van der Waals surface area (Å²) in [6.45, 7) is 5.51. The molecule has 0 amide bonds. The summed E-state index contributed by atoms with van der Waals surface area (Å²) >= 11 is 0. The fraction of sp³-hybridized carbons (Fsp3) is 0.571. The van der Waals surface area contributed by atoms with E-state index in [0.29, 0.717) is 12.6 Å².